The van der Waals surface area contributed by atoms with Crippen molar-refractivity contribution in [2.24, 2.45) is 5.92 Å². The Morgan fingerprint density at radius 3 is 2.15 bits per heavy atom. The highest BCUT2D eigenvalue weighted by molar-refractivity contribution is 5.99. The summed E-state index contributed by atoms with van der Waals surface area (Å²) in [5.41, 5.74) is -0.699. The van der Waals surface area contributed by atoms with Crippen LogP contribution in [0.1, 0.15) is 67.2 Å². The second-order valence-corrected chi connectivity index (χ2v) is 6.49. The molecular formula is C16H30N2O2. The van der Waals surface area contributed by atoms with Crippen molar-refractivity contribution in [3.05, 3.63) is 0 Å². The molecule has 20 heavy (non-hydrogen) atoms. The van der Waals surface area contributed by atoms with Crippen molar-refractivity contribution < 1.29 is 9.59 Å². The molecule has 1 aliphatic rings. The van der Waals surface area contributed by atoms with Gasteiger partial charge in [-0.15, -0.1) is 0 Å². The number of carbonyl (C=O) groups excluding carboxylic acids is 2. The molecule has 2 amide bonds. The topological polar surface area (TPSA) is 49.4 Å². The zero-order chi connectivity index (χ0) is 15.5. The maximum atomic E-state index is 12.9. The Bertz CT molecular complexity index is 361. The fourth-order valence-electron chi connectivity index (χ4n) is 2.97. The summed E-state index contributed by atoms with van der Waals surface area (Å²) in [4.78, 5) is 26.9. The van der Waals surface area contributed by atoms with Gasteiger partial charge in [-0.1, -0.05) is 27.7 Å². The third-order valence-electron chi connectivity index (χ3n) is 4.65. The van der Waals surface area contributed by atoms with Crippen LogP contribution in [0, 0.1) is 5.92 Å². The zero-order valence-corrected chi connectivity index (χ0v) is 13.8. The molecule has 1 rings (SSSR count). The summed E-state index contributed by atoms with van der Waals surface area (Å²) in [5.74, 6) is 0.680. The predicted octanol–water partition coefficient (Wildman–Crippen LogP) is 2.72. The van der Waals surface area contributed by atoms with Crippen molar-refractivity contribution in [1.82, 2.24) is 10.2 Å². The van der Waals surface area contributed by atoms with Gasteiger partial charge in [0.25, 0.3) is 0 Å². The molecule has 1 N–H and O–H groups in total. The molecule has 0 aromatic rings. The highest BCUT2D eigenvalue weighted by Crippen LogP contribution is 2.28. The van der Waals surface area contributed by atoms with Crippen LogP contribution in [0.5, 0.6) is 0 Å². The summed E-state index contributed by atoms with van der Waals surface area (Å²) in [6.45, 7) is 12.2. The lowest BCUT2D eigenvalue weighted by atomic mass is 9.86. The minimum atomic E-state index is -0.699. The molecule has 4 nitrogen and oxygen atoms in total. The Morgan fingerprint density at radius 2 is 1.70 bits per heavy atom. The van der Waals surface area contributed by atoms with Gasteiger partial charge in [-0.2, -0.15) is 0 Å². The number of amides is 2. The SMILES string of the molecule is CCC1(CC)NC(=O)C(C)N(C(C)CCC(C)C)C1=O. The maximum Gasteiger partial charge on any atom is 0.249 e. The summed E-state index contributed by atoms with van der Waals surface area (Å²) >= 11 is 0. The number of piperazine rings is 1. The molecule has 2 atom stereocenters. The van der Waals surface area contributed by atoms with Gasteiger partial charge >= 0.3 is 0 Å². The van der Waals surface area contributed by atoms with Gasteiger partial charge in [0.05, 0.1) is 0 Å². The Hall–Kier alpha value is -1.06. The highest BCUT2D eigenvalue weighted by Gasteiger charge is 2.48. The van der Waals surface area contributed by atoms with E-state index in [1.54, 1.807) is 0 Å². The van der Waals surface area contributed by atoms with Crippen LogP contribution in [0.4, 0.5) is 0 Å². The smallest absolute Gasteiger partial charge is 0.249 e. The van der Waals surface area contributed by atoms with E-state index in [0.717, 1.165) is 12.8 Å². The molecule has 0 saturated carbocycles. The van der Waals surface area contributed by atoms with Crippen LogP contribution >= 0.6 is 0 Å². The molecular weight excluding hydrogens is 252 g/mol. The van der Waals surface area contributed by atoms with Gasteiger partial charge < -0.3 is 10.2 Å². The molecule has 2 unspecified atom stereocenters. The fourth-order valence-corrected chi connectivity index (χ4v) is 2.97. The largest absolute Gasteiger partial charge is 0.340 e. The van der Waals surface area contributed by atoms with Crippen LogP contribution in [0.15, 0.2) is 0 Å². The van der Waals surface area contributed by atoms with Gasteiger partial charge in [0.2, 0.25) is 11.8 Å². The van der Waals surface area contributed by atoms with Gasteiger partial charge in [0, 0.05) is 6.04 Å². The predicted molar refractivity (Wildman–Crippen MR) is 81.3 cm³/mol. The molecule has 1 fully saturated rings. The van der Waals surface area contributed by atoms with Crippen molar-refractivity contribution in [3.8, 4) is 0 Å². The molecule has 0 aromatic carbocycles. The molecule has 1 saturated heterocycles. The van der Waals surface area contributed by atoms with E-state index in [2.05, 4.69) is 26.1 Å². The molecule has 116 valence electrons. The molecule has 1 heterocycles. The van der Waals surface area contributed by atoms with E-state index >= 15 is 0 Å². The Labute approximate surface area is 123 Å². The molecule has 1 aliphatic heterocycles. The number of hydrogen-bond donors (Lipinski definition) is 1. The molecule has 0 spiro atoms. The first-order valence-corrected chi connectivity index (χ1v) is 7.93. The van der Waals surface area contributed by atoms with E-state index in [0.29, 0.717) is 18.8 Å². The lowest BCUT2D eigenvalue weighted by Gasteiger charge is -2.47. The average Bonchev–Trinajstić information content (AvgIpc) is 2.41. The van der Waals surface area contributed by atoms with Crippen LogP contribution in [0.25, 0.3) is 0 Å². The molecule has 0 aliphatic carbocycles. The van der Waals surface area contributed by atoms with Crippen LogP contribution in [-0.4, -0.2) is 34.3 Å². The maximum absolute atomic E-state index is 12.9. The van der Waals surface area contributed by atoms with E-state index in [-0.39, 0.29) is 23.9 Å². The van der Waals surface area contributed by atoms with Crippen molar-refractivity contribution in [2.45, 2.75) is 84.8 Å². The summed E-state index contributed by atoms with van der Waals surface area (Å²) in [5, 5.41) is 2.95. The zero-order valence-electron chi connectivity index (χ0n) is 13.8. The first kappa shape index (κ1) is 17.0. The minimum Gasteiger partial charge on any atom is -0.340 e. The Balaban J connectivity index is 2.96. The molecule has 0 bridgehead atoms. The van der Waals surface area contributed by atoms with Gasteiger partial charge in [0.15, 0.2) is 0 Å². The number of hydrogen-bond acceptors (Lipinski definition) is 2. The van der Waals surface area contributed by atoms with Crippen molar-refractivity contribution in [3.63, 3.8) is 0 Å². The van der Waals surface area contributed by atoms with E-state index < -0.39 is 5.54 Å². The number of nitrogens with one attached hydrogen (secondary N) is 1. The van der Waals surface area contributed by atoms with E-state index in [9.17, 15) is 9.59 Å². The number of rotatable bonds is 6. The first-order valence-electron chi connectivity index (χ1n) is 7.93. The lowest BCUT2D eigenvalue weighted by Crippen LogP contribution is -2.70. The van der Waals surface area contributed by atoms with E-state index in [1.165, 1.54) is 0 Å². The third kappa shape index (κ3) is 3.15. The number of carbonyl (C=O) groups is 2. The van der Waals surface area contributed by atoms with Crippen molar-refractivity contribution in [2.75, 3.05) is 0 Å². The van der Waals surface area contributed by atoms with Gasteiger partial charge in [-0.3, -0.25) is 9.59 Å². The van der Waals surface area contributed by atoms with Gasteiger partial charge in [-0.05, 0) is 45.4 Å². The van der Waals surface area contributed by atoms with Crippen molar-refractivity contribution in [1.29, 1.82) is 0 Å². The minimum absolute atomic E-state index is 0.0234. The van der Waals surface area contributed by atoms with Crippen molar-refractivity contribution >= 4 is 11.8 Å². The standard InChI is InChI=1S/C16H30N2O2/c1-7-16(8-2)15(20)18(13(6)14(19)17-16)12(5)10-9-11(3)4/h11-13H,7-10H2,1-6H3,(H,17,19). The van der Waals surface area contributed by atoms with Crippen LogP contribution in [0.3, 0.4) is 0 Å². The second kappa shape index (κ2) is 6.59. The number of nitrogens with zero attached hydrogens (tertiary/aromatic N) is 1. The molecule has 0 radical (unpaired) electrons. The van der Waals surface area contributed by atoms with Gasteiger partial charge in [-0.25, -0.2) is 0 Å². The van der Waals surface area contributed by atoms with Crippen LogP contribution < -0.4 is 5.32 Å². The summed E-state index contributed by atoms with van der Waals surface area (Å²) in [6, 6.07) is -0.251. The highest BCUT2D eigenvalue weighted by atomic mass is 16.2. The summed E-state index contributed by atoms with van der Waals surface area (Å²) in [7, 11) is 0. The van der Waals surface area contributed by atoms with E-state index in [4.69, 9.17) is 0 Å². The summed E-state index contributed by atoms with van der Waals surface area (Å²) in [6.07, 6.45) is 3.32. The average molecular weight is 282 g/mol. The normalized spacial score (nSPS) is 23.9. The quantitative estimate of drug-likeness (QED) is 0.814. The van der Waals surface area contributed by atoms with E-state index in [1.807, 2.05) is 25.7 Å². The molecule has 0 aromatic heterocycles. The first-order chi connectivity index (χ1) is 9.29. The Morgan fingerprint density at radius 1 is 1.15 bits per heavy atom. The monoisotopic (exact) mass is 282 g/mol. The fraction of sp³-hybridized carbons (Fsp3) is 0.875. The third-order valence-corrected chi connectivity index (χ3v) is 4.65. The van der Waals surface area contributed by atoms with Crippen LogP contribution in [0.2, 0.25) is 0 Å². The Kier molecular flexibility index (Phi) is 5.60. The molecule has 4 heteroatoms. The summed E-state index contributed by atoms with van der Waals surface area (Å²) < 4.78 is 0. The second-order valence-electron chi connectivity index (χ2n) is 6.49. The van der Waals surface area contributed by atoms with Crippen LogP contribution in [-0.2, 0) is 9.59 Å². The lowest BCUT2D eigenvalue weighted by molar-refractivity contribution is -0.157. The van der Waals surface area contributed by atoms with Gasteiger partial charge in [0.1, 0.15) is 11.6 Å².